The molecule has 2 aromatic rings. The number of carboxylic acid groups (broad SMARTS) is 1. The molecule has 3 rings (SSSR count). The third-order valence-corrected chi connectivity index (χ3v) is 4.12. The number of likely N-dealkylation sites (tertiary alicyclic amines) is 1. The largest absolute Gasteiger partial charge is 0.481 e. The van der Waals surface area contributed by atoms with Crippen LogP contribution in [-0.4, -0.2) is 49.1 Å². The van der Waals surface area contributed by atoms with Crippen molar-refractivity contribution in [3.8, 4) is 0 Å². The first-order chi connectivity index (χ1) is 10.6. The third-order valence-electron chi connectivity index (χ3n) is 4.12. The van der Waals surface area contributed by atoms with E-state index in [1.165, 1.54) is 0 Å². The van der Waals surface area contributed by atoms with Gasteiger partial charge in [0.25, 0.3) is 5.91 Å². The first kappa shape index (κ1) is 14.5. The van der Waals surface area contributed by atoms with Gasteiger partial charge in [-0.15, -0.1) is 10.2 Å². The Morgan fingerprint density at radius 1 is 1.32 bits per heavy atom. The minimum atomic E-state index is -0.816. The summed E-state index contributed by atoms with van der Waals surface area (Å²) in [6.07, 6.45) is 6.76. The summed E-state index contributed by atoms with van der Waals surface area (Å²) in [5, 5.41) is 16.6. The van der Waals surface area contributed by atoms with E-state index in [9.17, 15) is 9.59 Å². The van der Waals surface area contributed by atoms with E-state index in [1.807, 2.05) is 4.90 Å². The lowest BCUT2D eigenvalue weighted by Crippen LogP contribution is -2.44. The van der Waals surface area contributed by atoms with Crippen LogP contribution in [0.5, 0.6) is 0 Å². The number of carboxylic acids is 1. The zero-order valence-electron chi connectivity index (χ0n) is 12.2. The van der Waals surface area contributed by atoms with Crippen LogP contribution < -0.4 is 0 Å². The van der Waals surface area contributed by atoms with Crippen molar-refractivity contribution in [1.29, 1.82) is 0 Å². The Labute approximate surface area is 127 Å². The molecule has 0 aliphatic carbocycles. The van der Waals surface area contributed by atoms with Crippen molar-refractivity contribution in [2.75, 3.05) is 6.54 Å². The maximum atomic E-state index is 12.7. The van der Waals surface area contributed by atoms with Crippen LogP contribution in [0, 0.1) is 0 Å². The summed E-state index contributed by atoms with van der Waals surface area (Å²) < 4.78 is 1.71. The van der Waals surface area contributed by atoms with Gasteiger partial charge in [0, 0.05) is 25.2 Å². The Hall–Kier alpha value is -2.44. The molecule has 0 radical (unpaired) electrons. The SMILES string of the molecule is O=C(O)CCC1CCCCN1C(=O)c1ccc2nncn2c1. The number of pyridine rings is 1. The number of carbonyl (C=O) groups is 2. The first-order valence-electron chi connectivity index (χ1n) is 7.47. The Morgan fingerprint density at radius 2 is 2.18 bits per heavy atom. The Balaban J connectivity index is 1.79. The van der Waals surface area contributed by atoms with Gasteiger partial charge in [-0.2, -0.15) is 0 Å². The van der Waals surface area contributed by atoms with E-state index < -0.39 is 5.97 Å². The average Bonchev–Trinajstić information content (AvgIpc) is 3.00. The van der Waals surface area contributed by atoms with Gasteiger partial charge in [0.05, 0.1) is 5.56 Å². The average molecular weight is 302 g/mol. The van der Waals surface area contributed by atoms with Crippen LogP contribution in [-0.2, 0) is 4.79 Å². The molecule has 1 amide bonds. The smallest absolute Gasteiger partial charge is 0.303 e. The van der Waals surface area contributed by atoms with E-state index in [1.54, 1.807) is 29.1 Å². The normalized spacial score (nSPS) is 18.5. The second-order valence-corrected chi connectivity index (χ2v) is 5.59. The molecule has 116 valence electrons. The molecule has 2 aromatic heterocycles. The lowest BCUT2D eigenvalue weighted by Gasteiger charge is -2.35. The van der Waals surface area contributed by atoms with Gasteiger partial charge in [-0.05, 0) is 37.8 Å². The molecular formula is C15H18N4O3. The number of aliphatic carboxylic acids is 1. The highest BCUT2D eigenvalue weighted by Crippen LogP contribution is 2.23. The molecule has 1 aliphatic rings. The van der Waals surface area contributed by atoms with Gasteiger partial charge in [-0.3, -0.25) is 14.0 Å². The van der Waals surface area contributed by atoms with E-state index in [2.05, 4.69) is 10.2 Å². The molecule has 0 spiro atoms. The zero-order valence-corrected chi connectivity index (χ0v) is 12.2. The summed E-state index contributed by atoms with van der Waals surface area (Å²) >= 11 is 0. The lowest BCUT2D eigenvalue weighted by molar-refractivity contribution is -0.137. The van der Waals surface area contributed by atoms with E-state index in [0.29, 0.717) is 24.2 Å². The molecule has 0 saturated carbocycles. The molecule has 1 saturated heterocycles. The predicted molar refractivity (Wildman–Crippen MR) is 78.5 cm³/mol. The topological polar surface area (TPSA) is 87.8 Å². The summed E-state index contributed by atoms with van der Waals surface area (Å²) in [5.41, 5.74) is 1.27. The van der Waals surface area contributed by atoms with Crippen LogP contribution in [0.2, 0.25) is 0 Å². The second-order valence-electron chi connectivity index (χ2n) is 5.59. The molecule has 0 aromatic carbocycles. The Kier molecular flexibility index (Phi) is 4.04. The van der Waals surface area contributed by atoms with Crippen molar-refractivity contribution in [3.05, 3.63) is 30.2 Å². The number of hydrogen-bond acceptors (Lipinski definition) is 4. The minimum absolute atomic E-state index is 0.00830. The van der Waals surface area contributed by atoms with E-state index in [4.69, 9.17) is 5.11 Å². The highest BCUT2D eigenvalue weighted by molar-refractivity contribution is 5.94. The summed E-state index contributed by atoms with van der Waals surface area (Å²) in [4.78, 5) is 25.3. The maximum Gasteiger partial charge on any atom is 0.303 e. The third kappa shape index (κ3) is 2.93. The van der Waals surface area contributed by atoms with Gasteiger partial charge >= 0.3 is 5.97 Å². The molecular weight excluding hydrogens is 284 g/mol. The number of nitrogens with zero attached hydrogens (tertiary/aromatic N) is 4. The number of piperidine rings is 1. The zero-order chi connectivity index (χ0) is 15.5. The lowest BCUT2D eigenvalue weighted by atomic mass is 9.97. The van der Waals surface area contributed by atoms with Crippen LogP contribution >= 0.6 is 0 Å². The van der Waals surface area contributed by atoms with Crippen molar-refractivity contribution in [1.82, 2.24) is 19.5 Å². The molecule has 7 nitrogen and oxygen atoms in total. The van der Waals surface area contributed by atoms with Crippen molar-refractivity contribution in [2.45, 2.75) is 38.1 Å². The van der Waals surface area contributed by atoms with Crippen molar-refractivity contribution in [2.24, 2.45) is 0 Å². The molecule has 1 N–H and O–H groups in total. The van der Waals surface area contributed by atoms with Crippen molar-refractivity contribution >= 4 is 17.5 Å². The van der Waals surface area contributed by atoms with E-state index in [-0.39, 0.29) is 18.4 Å². The number of carbonyl (C=O) groups excluding carboxylic acids is 1. The second kappa shape index (κ2) is 6.13. The first-order valence-corrected chi connectivity index (χ1v) is 7.47. The monoisotopic (exact) mass is 302 g/mol. The molecule has 22 heavy (non-hydrogen) atoms. The molecule has 1 atom stereocenters. The van der Waals surface area contributed by atoms with Gasteiger partial charge in [0.15, 0.2) is 5.65 Å². The summed E-state index contributed by atoms with van der Waals surface area (Å²) in [6, 6.07) is 3.51. The van der Waals surface area contributed by atoms with Gasteiger partial charge in [0.1, 0.15) is 6.33 Å². The highest BCUT2D eigenvalue weighted by atomic mass is 16.4. The standard InChI is InChI=1S/C15H18N4O3/c20-14(21)7-5-12-3-1-2-8-19(12)15(22)11-4-6-13-17-16-10-18(13)9-11/h4,6,9-10,12H,1-3,5,7-8H2,(H,20,21). The van der Waals surface area contributed by atoms with Crippen LogP contribution in [0.25, 0.3) is 5.65 Å². The van der Waals surface area contributed by atoms with Crippen LogP contribution in [0.4, 0.5) is 0 Å². The number of fused-ring (bicyclic) bond motifs is 1. The van der Waals surface area contributed by atoms with Gasteiger partial charge in [-0.1, -0.05) is 0 Å². The van der Waals surface area contributed by atoms with E-state index in [0.717, 1.165) is 19.3 Å². The molecule has 0 bridgehead atoms. The maximum absolute atomic E-state index is 12.7. The van der Waals surface area contributed by atoms with Crippen LogP contribution in [0.3, 0.4) is 0 Å². The number of rotatable bonds is 4. The van der Waals surface area contributed by atoms with Gasteiger partial charge < -0.3 is 10.0 Å². The van der Waals surface area contributed by atoms with Crippen molar-refractivity contribution in [3.63, 3.8) is 0 Å². The fourth-order valence-corrected chi connectivity index (χ4v) is 2.98. The number of amides is 1. The molecule has 1 aliphatic heterocycles. The van der Waals surface area contributed by atoms with E-state index >= 15 is 0 Å². The van der Waals surface area contributed by atoms with Crippen LogP contribution in [0.1, 0.15) is 42.5 Å². The molecule has 1 fully saturated rings. The fraction of sp³-hybridized carbons (Fsp3) is 0.467. The fourth-order valence-electron chi connectivity index (χ4n) is 2.98. The summed E-state index contributed by atoms with van der Waals surface area (Å²) in [6.45, 7) is 0.684. The number of hydrogen-bond donors (Lipinski definition) is 1. The summed E-state index contributed by atoms with van der Waals surface area (Å²) in [5.74, 6) is -0.866. The Bertz CT molecular complexity index is 697. The predicted octanol–water partition coefficient (Wildman–Crippen LogP) is 1.59. The quantitative estimate of drug-likeness (QED) is 0.926. The van der Waals surface area contributed by atoms with Crippen molar-refractivity contribution < 1.29 is 14.7 Å². The van der Waals surface area contributed by atoms with Crippen LogP contribution in [0.15, 0.2) is 24.7 Å². The molecule has 7 heteroatoms. The molecule has 1 unspecified atom stereocenters. The molecule has 3 heterocycles. The van der Waals surface area contributed by atoms with Gasteiger partial charge in [0.2, 0.25) is 0 Å². The minimum Gasteiger partial charge on any atom is -0.481 e. The Morgan fingerprint density at radius 3 is 3.00 bits per heavy atom. The summed E-state index contributed by atoms with van der Waals surface area (Å²) in [7, 11) is 0. The highest BCUT2D eigenvalue weighted by Gasteiger charge is 2.28. The number of aromatic nitrogens is 3. The van der Waals surface area contributed by atoms with Gasteiger partial charge in [-0.25, -0.2) is 0 Å².